The number of nitrogens with one attached hydrogen (secondary N) is 1. The quantitative estimate of drug-likeness (QED) is 0.584. The van der Waals surface area contributed by atoms with Gasteiger partial charge in [-0.2, -0.15) is 0 Å². The summed E-state index contributed by atoms with van der Waals surface area (Å²) in [5.41, 5.74) is 4.38. The average Bonchev–Trinajstić information content (AvgIpc) is 3.05. The van der Waals surface area contributed by atoms with Crippen LogP contribution in [0.15, 0.2) is 73.2 Å². The highest BCUT2D eigenvalue weighted by molar-refractivity contribution is 5.93. The monoisotopic (exact) mass is 344 g/mol. The van der Waals surface area contributed by atoms with E-state index in [1.165, 1.54) is 5.56 Å². The van der Waals surface area contributed by atoms with E-state index < -0.39 is 0 Å². The maximum Gasteiger partial charge on any atom is 0.146 e. The minimum atomic E-state index is -0.0187. The maximum atomic E-state index is 9.27. The van der Waals surface area contributed by atoms with Gasteiger partial charge in [-0.05, 0) is 11.1 Å². The first-order chi connectivity index (χ1) is 12.8. The number of aliphatic hydroxyl groups is 1. The Morgan fingerprint density at radius 2 is 1.62 bits per heavy atom. The van der Waals surface area contributed by atoms with E-state index in [4.69, 9.17) is 5.41 Å². The molecule has 0 atom stereocenters. The minimum Gasteiger partial charge on any atom is -0.395 e. The Morgan fingerprint density at radius 1 is 0.923 bits per heavy atom. The highest BCUT2D eigenvalue weighted by Gasteiger charge is 2.15. The van der Waals surface area contributed by atoms with Crippen LogP contribution >= 0.6 is 0 Å². The van der Waals surface area contributed by atoms with Crippen molar-refractivity contribution in [3.63, 3.8) is 0 Å². The molecule has 26 heavy (non-hydrogen) atoms. The van der Waals surface area contributed by atoms with Crippen LogP contribution in [-0.4, -0.2) is 25.8 Å². The summed E-state index contributed by atoms with van der Waals surface area (Å²) in [5, 5.41) is 18.7. The smallest absolute Gasteiger partial charge is 0.146 e. The summed E-state index contributed by atoms with van der Waals surface area (Å²) in [6.45, 7) is 1.04. The second kappa shape index (κ2) is 6.98. The molecule has 4 rings (SSSR count). The SMILES string of the molecule is N=c1c2c(-c3ccccc3)cn(Cc3ccccc3)c2ncn1CCO. The van der Waals surface area contributed by atoms with Gasteiger partial charge in [-0.1, -0.05) is 60.7 Å². The molecule has 0 saturated carbocycles. The predicted molar refractivity (Wildman–Crippen MR) is 102 cm³/mol. The summed E-state index contributed by atoms with van der Waals surface area (Å²) in [6.07, 6.45) is 3.71. The van der Waals surface area contributed by atoms with Gasteiger partial charge in [0.2, 0.25) is 0 Å². The van der Waals surface area contributed by atoms with E-state index in [9.17, 15) is 5.11 Å². The van der Waals surface area contributed by atoms with Gasteiger partial charge in [0.05, 0.1) is 18.3 Å². The number of rotatable bonds is 5. The van der Waals surface area contributed by atoms with Crippen molar-refractivity contribution in [1.82, 2.24) is 14.1 Å². The van der Waals surface area contributed by atoms with Crippen molar-refractivity contribution in [2.45, 2.75) is 13.1 Å². The second-order valence-corrected chi connectivity index (χ2v) is 6.23. The van der Waals surface area contributed by atoms with Crippen LogP contribution in [0.1, 0.15) is 5.56 Å². The van der Waals surface area contributed by atoms with Crippen LogP contribution in [0.25, 0.3) is 22.2 Å². The van der Waals surface area contributed by atoms with E-state index in [1.807, 2.05) is 48.5 Å². The lowest BCUT2D eigenvalue weighted by atomic mass is 10.1. The molecule has 2 aromatic carbocycles. The van der Waals surface area contributed by atoms with Crippen molar-refractivity contribution >= 4 is 11.0 Å². The Morgan fingerprint density at radius 3 is 2.31 bits per heavy atom. The molecule has 0 spiro atoms. The van der Waals surface area contributed by atoms with Gasteiger partial charge in [-0.25, -0.2) is 4.98 Å². The summed E-state index contributed by atoms with van der Waals surface area (Å²) in [7, 11) is 0. The zero-order chi connectivity index (χ0) is 17.9. The fourth-order valence-corrected chi connectivity index (χ4v) is 3.26. The molecular weight excluding hydrogens is 324 g/mol. The van der Waals surface area contributed by atoms with Crippen molar-refractivity contribution in [2.24, 2.45) is 0 Å². The van der Waals surface area contributed by atoms with Crippen LogP contribution in [0.5, 0.6) is 0 Å². The standard InChI is InChI=1S/C21H20N4O/c22-20-19-18(17-9-5-2-6-10-17)14-25(13-16-7-3-1-4-8-16)21(19)23-15-24(20)11-12-26/h1-10,14-15,22,26H,11-13H2. The van der Waals surface area contributed by atoms with Crippen LogP contribution in [0.2, 0.25) is 0 Å². The first-order valence-corrected chi connectivity index (χ1v) is 8.61. The van der Waals surface area contributed by atoms with Crippen molar-refractivity contribution in [3.05, 3.63) is 84.2 Å². The van der Waals surface area contributed by atoms with Crippen molar-refractivity contribution in [3.8, 4) is 11.1 Å². The molecule has 5 heteroatoms. The van der Waals surface area contributed by atoms with Crippen molar-refractivity contribution in [2.75, 3.05) is 6.61 Å². The van der Waals surface area contributed by atoms with Gasteiger partial charge in [0.25, 0.3) is 0 Å². The Bertz CT molecular complexity index is 1080. The summed E-state index contributed by atoms with van der Waals surface area (Å²) < 4.78 is 3.77. The molecular formula is C21H20N4O. The van der Waals surface area contributed by atoms with Gasteiger partial charge in [0.15, 0.2) is 0 Å². The first kappa shape index (κ1) is 16.3. The molecule has 130 valence electrons. The minimum absolute atomic E-state index is 0.0187. The van der Waals surface area contributed by atoms with Crippen LogP contribution in [0.4, 0.5) is 0 Å². The number of nitrogens with zero attached hydrogens (tertiary/aromatic N) is 3. The van der Waals surface area contributed by atoms with E-state index in [1.54, 1.807) is 10.9 Å². The van der Waals surface area contributed by atoms with Crippen LogP contribution < -0.4 is 5.49 Å². The molecule has 2 N–H and O–H groups in total. The number of hydrogen-bond donors (Lipinski definition) is 2. The van der Waals surface area contributed by atoms with E-state index in [-0.39, 0.29) is 6.61 Å². The predicted octanol–water partition coefficient (Wildman–Crippen LogP) is 3.02. The molecule has 2 heterocycles. The van der Waals surface area contributed by atoms with E-state index >= 15 is 0 Å². The van der Waals surface area contributed by atoms with Crippen molar-refractivity contribution < 1.29 is 5.11 Å². The maximum absolute atomic E-state index is 9.27. The average molecular weight is 344 g/mol. The molecule has 0 radical (unpaired) electrons. The lowest BCUT2D eigenvalue weighted by molar-refractivity contribution is 0.273. The largest absolute Gasteiger partial charge is 0.395 e. The number of aromatic nitrogens is 3. The van der Waals surface area contributed by atoms with E-state index in [0.717, 1.165) is 22.2 Å². The summed E-state index contributed by atoms with van der Waals surface area (Å²) in [5.74, 6) is 0. The van der Waals surface area contributed by atoms with Crippen LogP contribution in [0, 0.1) is 5.41 Å². The molecule has 0 unspecified atom stereocenters. The molecule has 0 fully saturated rings. The summed E-state index contributed by atoms with van der Waals surface area (Å²) in [4.78, 5) is 4.60. The highest BCUT2D eigenvalue weighted by Crippen LogP contribution is 2.27. The molecule has 0 aliphatic rings. The molecule has 0 bridgehead atoms. The van der Waals surface area contributed by atoms with Gasteiger partial charge < -0.3 is 14.2 Å². The first-order valence-electron chi connectivity index (χ1n) is 8.61. The van der Waals surface area contributed by atoms with Crippen LogP contribution in [-0.2, 0) is 13.1 Å². The van der Waals surface area contributed by atoms with Crippen LogP contribution in [0.3, 0.4) is 0 Å². The van der Waals surface area contributed by atoms with E-state index in [2.05, 4.69) is 27.9 Å². The number of aliphatic hydroxyl groups excluding tert-OH is 1. The summed E-state index contributed by atoms with van der Waals surface area (Å²) >= 11 is 0. The Kier molecular flexibility index (Phi) is 4.37. The van der Waals surface area contributed by atoms with Crippen molar-refractivity contribution in [1.29, 1.82) is 5.41 Å². The number of hydrogen-bond acceptors (Lipinski definition) is 3. The second-order valence-electron chi connectivity index (χ2n) is 6.23. The fourth-order valence-electron chi connectivity index (χ4n) is 3.26. The summed E-state index contributed by atoms with van der Waals surface area (Å²) in [6, 6.07) is 20.3. The van der Waals surface area contributed by atoms with Gasteiger partial charge in [0, 0.05) is 24.8 Å². The molecule has 2 aromatic heterocycles. The lowest BCUT2D eigenvalue weighted by Gasteiger charge is -2.07. The Balaban J connectivity index is 1.94. The molecule has 5 nitrogen and oxygen atoms in total. The molecule has 0 saturated heterocycles. The Labute approximate surface area is 151 Å². The molecule has 0 amide bonds. The normalized spacial score (nSPS) is 11.1. The Hall–Kier alpha value is -3.18. The van der Waals surface area contributed by atoms with Gasteiger partial charge >= 0.3 is 0 Å². The lowest BCUT2D eigenvalue weighted by Crippen LogP contribution is -2.22. The number of benzene rings is 2. The van der Waals surface area contributed by atoms with Gasteiger partial charge in [0.1, 0.15) is 11.1 Å². The molecule has 0 aliphatic heterocycles. The number of fused-ring (bicyclic) bond motifs is 1. The topological polar surface area (TPSA) is 66.8 Å². The van der Waals surface area contributed by atoms with Gasteiger partial charge in [-0.3, -0.25) is 5.41 Å². The zero-order valence-corrected chi connectivity index (χ0v) is 14.3. The third-order valence-corrected chi connectivity index (χ3v) is 4.51. The third-order valence-electron chi connectivity index (χ3n) is 4.51. The fraction of sp³-hybridized carbons (Fsp3) is 0.143. The van der Waals surface area contributed by atoms with E-state index in [0.29, 0.717) is 18.6 Å². The molecule has 4 aromatic rings. The zero-order valence-electron chi connectivity index (χ0n) is 14.3. The third kappa shape index (κ3) is 2.93. The highest BCUT2D eigenvalue weighted by atomic mass is 16.3. The van der Waals surface area contributed by atoms with Gasteiger partial charge in [-0.15, -0.1) is 0 Å². The molecule has 0 aliphatic carbocycles.